The fourth-order valence-corrected chi connectivity index (χ4v) is 6.70. The number of hydrogen-bond acceptors (Lipinski definition) is 9. The van der Waals surface area contributed by atoms with Gasteiger partial charge in [-0.15, -0.1) is 11.3 Å². The molecule has 0 bridgehead atoms. The van der Waals surface area contributed by atoms with E-state index in [4.69, 9.17) is 19.2 Å². The van der Waals surface area contributed by atoms with Crippen molar-refractivity contribution >= 4 is 23.4 Å². The van der Waals surface area contributed by atoms with E-state index in [1.54, 1.807) is 25.3 Å². The van der Waals surface area contributed by atoms with Crippen LogP contribution in [0.5, 0.6) is 0 Å². The number of ether oxygens (including phenoxy) is 3. The highest BCUT2D eigenvalue weighted by atomic mass is 32.1. The Hall–Kier alpha value is -3.57. The molecule has 1 aromatic heterocycles. The molecule has 51 heavy (non-hydrogen) atoms. The van der Waals surface area contributed by atoms with Gasteiger partial charge < -0.3 is 29.7 Å². The zero-order valence-electron chi connectivity index (χ0n) is 32.3. The normalized spacial score (nSPS) is 33.0. The highest BCUT2D eigenvalue weighted by Gasteiger charge is 2.28. The fraction of sp³-hybridized carbons (Fsp3) is 0.537. The number of aliphatic hydroxyl groups is 2. The van der Waals surface area contributed by atoms with Crippen LogP contribution in [0.15, 0.2) is 88.4 Å². The molecule has 2 heterocycles. The number of allylic oxidation sites excluding steroid dienone is 8. The second kappa shape index (κ2) is 21.7. The molecule has 9 nitrogen and oxygen atoms in total. The Morgan fingerprint density at radius 2 is 1.75 bits per heavy atom. The number of carbonyl (C=O) groups is 2. The number of thiazole rings is 1. The first-order chi connectivity index (χ1) is 24.1. The third kappa shape index (κ3) is 14.9. The van der Waals surface area contributed by atoms with Gasteiger partial charge in [0.2, 0.25) is 0 Å². The van der Waals surface area contributed by atoms with E-state index in [0.717, 1.165) is 22.3 Å². The Labute approximate surface area is 309 Å². The van der Waals surface area contributed by atoms with E-state index in [-0.39, 0.29) is 29.8 Å². The lowest BCUT2D eigenvalue weighted by Crippen LogP contribution is -2.30. The summed E-state index contributed by atoms with van der Waals surface area (Å²) in [6, 6.07) is 0. The zero-order valence-corrected chi connectivity index (χ0v) is 33.1. The molecule has 0 fully saturated rings. The lowest BCUT2D eigenvalue weighted by molar-refractivity contribution is -0.145. The summed E-state index contributed by atoms with van der Waals surface area (Å²) < 4.78 is 17.5. The monoisotopic (exact) mass is 724 g/mol. The summed E-state index contributed by atoms with van der Waals surface area (Å²) in [6.45, 7) is 17.8. The highest BCUT2D eigenvalue weighted by molar-refractivity contribution is 7.09. The van der Waals surface area contributed by atoms with Crippen molar-refractivity contribution in [3.63, 3.8) is 0 Å². The van der Waals surface area contributed by atoms with Gasteiger partial charge in [-0.1, -0.05) is 106 Å². The average Bonchev–Trinajstić information content (AvgIpc) is 3.55. The lowest BCUT2D eigenvalue weighted by atomic mass is 9.91. The number of amides is 1. The Morgan fingerprint density at radius 1 is 1.04 bits per heavy atom. The van der Waals surface area contributed by atoms with Crippen LogP contribution < -0.4 is 5.32 Å². The lowest BCUT2D eigenvalue weighted by Gasteiger charge is -2.26. The maximum atomic E-state index is 13.2. The zero-order chi connectivity index (χ0) is 38.2. The Bertz CT molecular complexity index is 1500. The van der Waals surface area contributed by atoms with Crippen LogP contribution in [0.3, 0.4) is 0 Å². The average molecular weight is 725 g/mol. The summed E-state index contributed by atoms with van der Waals surface area (Å²) in [6.07, 6.45) is 15.9. The minimum absolute atomic E-state index is 0.143. The summed E-state index contributed by atoms with van der Waals surface area (Å²) >= 11 is 1.36. The molecule has 0 saturated heterocycles. The fourth-order valence-electron chi connectivity index (χ4n) is 5.82. The van der Waals surface area contributed by atoms with Gasteiger partial charge in [-0.05, 0) is 52.0 Å². The number of methoxy groups -OCH3 is 1. The van der Waals surface area contributed by atoms with Crippen molar-refractivity contribution in [1.29, 1.82) is 0 Å². The molecule has 0 saturated carbocycles. The van der Waals surface area contributed by atoms with Crippen molar-refractivity contribution in [1.82, 2.24) is 10.3 Å². The molecule has 1 aliphatic rings. The van der Waals surface area contributed by atoms with Crippen molar-refractivity contribution < 1.29 is 34.0 Å². The molecular formula is C41H60N2O7S. The van der Waals surface area contributed by atoms with Crippen molar-refractivity contribution in [3.8, 4) is 0 Å². The number of aromatic nitrogens is 1. The minimum atomic E-state index is -0.754. The van der Waals surface area contributed by atoms with Crippen molar-refractivity contribution in [2.75, 3.05) is 14.2 Å². The summed E-state index contributed by atoms with van der Waals surface area (Å²) in [4.78, 5) is 30.2. The van der Waals surface area contributed by atoms with Crippen molar-refractivity contribution in [2.45, 2.75) is 106 Å². The molecule has 0 radical (unpaired) electrons. The van der Waals surface area contributed by atoms with Gasteiger partial charge in [0.1, 0.15) is 5.01 Å². The van der Waals surface area contributed by atoms with Gasteiger partial charge in [-0.25, -0.2) is 14.6 Å². The molecular weight excluding hydrogens is 665 g/mol. The molecule has 8 atom stereocenters. The van der Waals surface area contributed by atoms with E-state index in [9.17, 15) is 19.8 Å². The number of esters is 1. The minimum Gasteiger partial charge on any atom is -0.452 e. The van der Waals surface area contributed by atoms with Crippen LogP contribution in [-0.4, -0.2) is 59.7 Å². The highest BCUT2D eigenvalue weighted by Crippen LogP contribution is 2.34. The molecule has 282 valence electrons. The van der Waals surface area contributed by atoms with Crippen molar-refractivity contribution in [3.05, 3.63) is 99.1 Å². The number of alkyl carbamates (subject to hydrolysis) is 1. The summed E-state index contributed by atoms with van der Waals surface area (Å²) in [5.41, 5.74) is 4.37. The molecule has 0 spiro atoms. The first-order valence-electron chi connectivity index (χ1n) is 17.7. The van der Waals surface area contributed by atoms with E-state index in [1.807, 2.05) is 104 Å². The number of nitrogens with one attached hydrogen (secondary N) is 1. The smallest absolute Gasteiger partial charge is 0.407 e. The third-order valence-corrected chi connectivity index (χ3v) is 9.64. The van der Waals surface area contributed by atoms with Gasteiger partial charge in [-0.2, -0.15) is 0 Å². The molecule has 1 aliphatic heterocycles. The molecule has 0 unspecified atom stereocenters. The van der Waals surface area contributed by atoms with Crippen LogP contribution >= 0.6 is 11.3 Å². The molecule has 0 aromatic carbocycles. The van der Waals surface area contributed by atoms with Crippen LogP contribution in [0.2, 0.25) is 0 Å². The quantitative estimate of drug-likeness (QED) is 0.197. The third-order valence-electron chi connectivity index (χ3n) is 8.68. The molecule has 3 N–H and O–H groups in total. The predicted molar refractivity (Wildman–Crippen MR) is 206 cm³/mol. The predicted octanol–water partition coefficient (Wildman–Crippen LogP) is 8.67. The first-order valence-corrected chi connectivity index (χ1v) is 18.6. The van der Waals surface area contributed by atoms with Crippen LogP contribution in [-0.2, 0) is 19.0 Å². The Kier molecular flexibility index (Phi) is 18.6. The topological polar surface area (TPSA) is 127 Å². The van der Waals surface area contributed by atoms with E-state index in [1.165, 1.54) is 24.5 Å². The number of rotatable bonds is 6. The Morgan fingerprint density at radius 3 is 2.39 bits per heavy atom. The molecule has 0 aliphatic carbocycles. The maximum Gasteiger partial charge on any atom is 0.407 e. The standard InChI is InChI=1S/C41H60N2O7S/c1-25(2)20-36(49-41(47)42-10)40-43-33(24-51-40)39-30(7)16-13-15-29(6)38(48-11)32(9)34(44)19-18-27(4)21-28(5)22-31(8)35(45)23-26(3)14-12-17-37(46)50-39/h12-13,15-19,21-25,30-32,34-36,38-39,44-45H,14,20H2,1-11H3,(H,42,47)/b16-13+,17-12+,19-18+,26-23+,27-21-,28-22-,29-15+/t30-,31-,32-,34+,35+,36-,38+,39-/m0/s1. The van der Waals surface area contributed by atoms with Crippen molar-refractivity contribution in [2.24, 2.45) is 23.7 Å². The number of cyclic esters (lactones) is 1. The van der Waals surface area contributed by atoms with Gasteiger partial charge in [0.05, 0.1) is 24.0 Å². The summed E-state index contributed by atoms with van der Waals surface area (Å²) in [5.74, 6) is -0.937. The van der Waals surface area contributed by atoms with Crippen LogP contribution in [0.25, 0.3) is 0 Å². The van der Waals surface area contributed by atoms with Gasteiger partial charge in [0.15, 0.2) is 12.2 Å². The number of aliphatic hydroxyl groups excluding tert-OH is 2. The van der Waals surface area contributed by atoms with Crippen LogP contribution in [0.1, 0.15) is 98.1 Å². The van der Waals surface area contributed by atoms with Gasteiger partial charge >= 0.3 is 12.1 Å². The summed E-state index contributed by atoms with van der Waals surface area (Å²) in [7, 11) is 3.14. The number of carbonyl (C=O) groups excluding carboxylic acids is 2. The van der Waals surface area contributed by atoms with E-state index in [2.05, 4.69) is 5.32 Å². The first kappa shape index (κ1) is 43.6. The van der Waals surface area contributed by atoms with E-state index >= 15 is 0 Å². The van der Waals surface area contributed by atoms with Gasteiger partial charge in [-0.3, -0.25) is 0 Å². The van der Waals surface area contributed by atoms with Crippen LogP contribution in [0, 0.1) is 23.7 Å². The molecule has 2 rings (SSSR count). The molecule has 1 aromatic rings. The van der Waals surface area contributed by atoms with Crippen LogP contribution in [0.4, 0.5) is 4.79 Å². The SMILES string of the molecule is CNC(=O)O[C@@H](CC(C)C)c1nc([C@H]2OC(=O)/C=C/C/C(C)=C/[C@@H](O)[C@@H](C)\C=C(C)/C=C(C)\C=C\[C@@H](O)[C@H](C)[C@H](OC)/C(C)=C/C=C/[C@@H]2C)cs1. The maximum absolute atomic E-state index is 13.2. The molecule has 10 heteroatoms. The van der Waals surface area contributed by atoms with Gasteiger partial charge in [0, 0.05) is 43.4 Å². The number of nitrogens with zero attached hydrogens (tertiary/aromatic N) is 1. The van der Waals surface area contributed by atoms with Gasteiger partial charge in [0.25, 0.3) is 0 Å². The summed E-state index contributed by atoms with van der Waals surface area (Å²) in [5, 5.41) is 26.9. The molecule has 1 amide bonds. The van der Waals surface area contributed by atoms with E-state index in [0.29, 0.717) is 23.5 Å². The number of hydrogen-bond donors (Lipinski definition) is 3. The van der Waals surface area contributed by atoms with E-state index < -0.39 is 36.5 Å². The second-order valence-electron chi connectivity index (χ2n) is 14.0. The Balaban J connectivity index is 2.55. The largest absolute Gasteiger partial charge is 0.452 e. The second-order valence-corrected chi connectivity index (χ2v) is 14.9.